The molecule has 5 nitrogen and oxygen atoms in total. The number of hydrogen-bond donors (Lipinski definition) is 3. The predicted octanol–water partition coefficient (Wildman–Crippen LogP) is 3.75. The number of carbonyl (C=O) groups excluding carboxylic acids is 2. The van der Waals surface area contributed by atoms with Crippen molar-refractivity contribution in [1.29, 1.82) is 0 Å². The van der Waals surface area contributed by atoms with Crippen molar-refractivity contribution in [3.8, 4) is 0 Å². The summed E-state index contributed by atoms with van der Waals surface area (Å²) < 4.78 is 0. The van der Waals surface area contributed by atoms with Gasteiger partial charge in [-0.2, -0.15) is 0 Å². The van der Waals surface area contributed by atoms with Crippen LogP contribution in [0, 0.1) is 0 Å². The summed E-state index contributed by atoms with van der Waals surface area (Å²) in [5.41, 5.74) is 3.28. The molecule has 3 rings (SSSR count). The first-order valence-corrected chi connectivity index (χ1v) is 9.57. The third-order valence-corrected chi connectivity index (χ3v) is 4.68. The lowest BCUT2D eigenvalue weighted by Crippen LogP contribution is -2.40. The molecule has 2 amide bonds. The molecule has 0 spiro atoms. The maximum atomic E-state index is 12.9. The van der Waals surface area contributed by atoms with Crippen LogP contribution in [0.15, 0.2) is 84.9 Å². The Balaban J connectivity index is 1.75. The number of anilines is 1. The van der Waals surface area contributed by atoms with Gasteiger partial charge in [0.2, 0.25) is 5.91 Å². The topological polar surface area (TPSA) is 70.2 Å². The Morgan fingerprint density at radius 3 is 1.93 bits per heavy atom. The molecular weight excluding hydrogens is 362 g/mol. The van der Waals surface area contributed by atoms with Gasteiger partial charge in [-0.05, 0) is 36.2 Å². The van der Waals surface area contributed by atoms with E-state index in [1.165, 1.54) is 0 Å². The Labute approximate surface area is 171 Å². The predicted molar refractivity (Wildman–Crippen MR) is 116 cm³/mol. The van der Waals surface area contributed by atoms with Gasteiger partial charge in [-0.15, -0.1) is 0 Å². The molecule has 29 heavy (non-hydrogen) atoms. The highest BCUT2D eigenvalue weighted by molar-refractivity contribution is 5.95. The van der Waals surface area contributed by atoms with E-state index in [2.05, 4.69) is 16.0 Å². The van der Waals surface area contributed by atoms with Crippen LogP contribution in [0.5, 0.6) is 0 Å². The summed E-state index contributed by atoms with van der Waals surface area (Å²) >= 11 is 0. The van der Waals surface area contributed by atoms with Crippen LogP contribution < -0.4 is 16.0 Å². The summed E-state index contributed by atoms with van der Waals surface area (Å²) in [6.07, 6.45) is 0. The molecule has 0 aliphatic carbocycles. The molecule has 0 aliphatic heterocycles. The number of amides is 2. The van der Waals surface area contributed by atoms with Crippen LogP contribution in [0.2, 0.25) is 0 Å². The number of rotatable bonds is 7. The number of benzene rings is 3. The van der Waals surface area contributed by atoms with Gasteiger partial charge in [0.05, 0.1) is 6.04 Å². The van der Waals surface area contributed by atoms with Gasteiger partial charge in [0.25, 0.3) is 5.91 Å². The second-order valence-electron chi connectivity index (χ2n) is 6.79. The fourth-order valence-electron chi connectivity index (χ4n) is 3.13. The fraction of sp³-hybridized carbons (Fsp3) is 0.167. The Morgan fingerprint density at radius 2 is 1.38 bits per heavy atom. The summed E-state index contributed by atoms with van der Waals surface area (Å²) in [5.74, 6) is -0.299. The SMILES string of the molecule is CNC(=O)c1cccc(N[C@@H](C)C(=O)NC(c2ccccc2)c2ccccc2)c1. The number of hydrogen-bond acceptors (Lipinski definition) is 3. The smallest absolute Gasteiger partial charge is 0.251 e. The maximum absolute atomic E-state index is 12.9. The monoisotopic (exact) mass is 387 g/mol. The zero-order chi connectivity index (χ0) is 20.6. The van der Waals surface area contributed by atoms with Crippen molar-refractivity contribution >= 4 is 17.5 Å². The van der Waals surface area contributed by atoms with Gasteiger partial charge in [-0.3, -0.25) is 9.59 Å². The van der Waals surface area contributed by atoms with Gasteiger partial charge < -0.3 is 16.0 Å². The largest absolute Gasteiger partial charge is 0.374 e. The number of nitrogens with one attached hydrogen (secondary N) is 3. The van der Waals surface area contributed by atoms with E-state index in [9.17, 15) is 9.59 Å². The lowest BCUT2D eigenvalue weighted by atomic mass is 9.98. The van der Waals surface area contributed by atoms with Gasteiger partial charge in [-0.25, -0.2) is 0 Å². The normalized spacial score (nSPS) is 11.6. The molecule has 0 bridgehead atoms. The summed E-state index contributed by atoms with van der Waals surface area (Å²) in [6.45, 7) is 1.80. The first-order chi connectivity index (χ1) is 14.1. The number of carbonyl (C=O) groups is 2. The van der Waals surface area contributed by atoms with Crippen LogP contribution in [-0.4, -0.2) is 24.9 Å². The van der Waals surface area contributed by atoms with E-state index in [4.69, 9.17) is 0 Å². The van der Waals surface area contributed by atoms with Crippen molar-refractivity contribution in [2.24, 2.45) is 0 Å². The van der Waals surface area contributed by atoms with Crippen molar-refractivity contribution in [3.05, 3.63) is 102 Å². The molecule has 0 saturated heterocycles. The van der Waals surface area contributed by atoms with Gasteiger partial charge in [0.1, 0.15) is 6.04 Å². The van der Waals surface area contributed by atoms with E-state index >= 15 is 0 Å². The first kappa shape index (κ1) is 20.1. The van der Waals surface area contributed by atoms with Gasteiger partial charge >= 0.3 is 0 Å². The molecule has 0 saturated carbocycles. The van der Waals surface area contributed by atoms with E-state index < -0.39 is 6.04 Å². The van der Waals surface area contributed by atoms with Gasteiger partial charge in [-0.1, -0.05) is 66.7 Å². The average Bonchev–Trinajstić information content (AvgIpc) is 2.78. The standard InChI is InChI=1S/C24H25N3O2/c1-17(26-21-15-9-14-20(16-21)24(29)25-2)23(28)27-22(18-10-5-3-6-11-18)19-12-7-4-8-13-19/h3-17,22,26H,1-2H3,(H,25,29)(H,27,28)/t17-/m0/s1. The molecule has 5 heteroatoms. The van der Waals surface area contributed by atoms with Gasteiger partial charge in [0, 0.05) is 18.3 Å². The first-order valence-electron chi connectivity index (χ1n) is 9.57. The lowest BCUT2D eigenvalue weighted by Gasteiger charge is -2.23. The third kappa shape index (κ3) is 5.23. The van der Waals surface area contributed by atoms with Crippen molar-refractivity contribution in [3.63, 3.8) is 0 Å². The van der Waals surface area contributed by atoms with E-state index in [1.54, 1.807) is 32.2 Å². The molecule has 0 aromatic heterocycles. The Morgan fingerprint density at radius 1 is 0.793 bits per heavy atom. The van der Waals surface area contributed by atoms with E-state index in [0.717, 1.165) is 11.1 Å². The third-order valence-electron chi connectivity index (χ3n) is 4.68. The van der Waals surface area contributed by atoms with Crippen molar-refractivity contribution < 1.29 is 9.59 Å². The highest BCUT2D eigenvalue weighted by Crippen LogP contribution is 2.22. The quantitative estimate of drug-likeness (QED) is 0.578. The molecule has 3 aromatic rings. The molecule has 0 aliphatic rings. The molecular formula is C24H25N3O2. The van der Waals surface area contributed by atoms with E-state index in [1.807, 2.05) is 66.7 Å². The average molecular weight is 387 g/mol. The summed E-state index contributed by atoms with van der Waals surface area (Å²) in [5, 5.41) is 8.92. The minimum absolute atomic E-state index is 0.131. The van der Waals surface area contributed by atoms with E-state index in [0.29, 0.717) is 11.3 Å². The molecule has 0 fully saturated rings. The van der Waals surface area contributed by atoms with Crippen LogP contribution in [0.1, 0.15) is 34.5 Å². The molecule has 3 N–H and O–H groups in total. The van der Waals surface area contributed by atoms with Gasteiger partial charge in [0.15, 0.2) is 0 Å². The minimum Gasteiger partial charge on any atom is -0.374 e. The highest BCUT2D eigenvalue weighted by atomic mass is 16.2. The Kier molecular flexibility index (Phi) is 6.63. The zero-order valence-corrected chi connectivity index (χ0v) is 16.6. The van der Waals surface area contributed by atoms with Crippen molar-refractivity contribution in [1.82, 2.24) is 10.6 Å². The summed E-state index contributed by atoms with van der Waals surface area (Å²) in [4.78, 5) is 24.8. The second kappa shape index (κ2) is 9.55. The highest BCUT2D eigenvalue weighted by Gasteiger charge is 2.20. The molecule has 3 aromatic carbocycles. The Hall–Kier alpha value is -3.60. The summed E-state index contributed by atoms with van der Waals surface area (Å²) in [6, 6.07) is 26.1. The molecule has 1 atom stereocenters. The molecule has 0 radical (unpaired) electrons. The van der Waals surface area contributed by atoms with Crippen molar-refractivity contribution in [2.75, 3.05) is 12.4 Å². The minimum atomic E-state index is -0.482. The second-order valence-corrected chi connectivity index (χ2v) is 6.79. The summed E-state index contributed by atoms with van der Waals surface area (Å²) in [7, 11) is 1.59. The fourth-order valence-corrected chi connectivity index (χ4v) is 3.13. The van der Waals surface area contributed by atoms with Crippen LogP contribution in [-0.2, 0) is 4.79 Å². The van der Waals surface area contributed by atoms with Crippen LogP contribution in [0.25, 0.3) is 0 Å². The Bertz CT molecular complexity index is 919. The van der Waals surface area contributed by atoms with Crippen molar-refractivity contribution in [2.45, 2.75) is 19.0 Å². The van der Waals surface area contributed by atoms with E-state index in [-0.39, 0.29) is 17.9 Å². The zero-order valence-electron chi connectivity index (χ0n) is 16.6. The molecule has 0 heterocycles. The van der Waals surface area contributed by atoms with Crippen LogP contribution >= 0.6 is 0 Å². The maximum Gasteiger partial charge on any atom is 0.251 e. The molecule has 148 valence electrons. The van der Waals surface area contributed by atoms with Crippen LogP contribution in [0.4, 0.5) is 5.69 Å². The lowest BCUT2D eigenvalue weighted by molar-refractivity contribution is -0.122. The van der Waals surface area contributed by atoms with Crippen LogP contribution in [0.3, 0.4) is 0 Å². The molecule has 0 unspecified atom stereocenters.